The fourth-order valence-corrected chi connectivity index (χ4v) is 12.8. The summed E-state index contributed by atoms with van der Waals surface area (Å²) < 4.78 is 0. The highest BCUT2D eigenvalue weighted by Crippen LogP contribution is 2.23. The molecule has 0 spiro atoms. The minimum absolute atomic E-state index is 0.00123. The number of hydrogen-bond donors (Lipinski definition) is 22. The lowest BCUT2D eigenvalue weighted by Crippen LogP contribution is -2.61. The smallest absolute Gasteiger partial charge is 0.322 e. The summed E-state index contributed by atoms with van der Waals surface area (Å²) in [6.45, 7) is 13.0. The van der Waals surface area contributed by atoms with Crippen molar-refractivity contribution in [1.82, 2.24) is 84.3 Å². The molecule has 0 aliphatic carbocycles. The van der Waals surface area contributed by atoms with Crippen LogP contribution in [0.2, 0.25) is 0 Å². The quantitative estimate of drug-likeness (QED) is 0.0275. The molecule has 43 heteroatoms. The first-order valence-corrected chi connectivity index (χ1v) is 39.9. The molecule has 1 aliphatic heterocycles. The molecule has 1 aromatic heterocycles. The van der Waals surface area contributed by atoms with Crippen LogP contribution < -0.4 is 91.6 Å². The van der Waals surface area contributed by atoms with E-state index < -0.39 is 248 Å². The van der Waals surface area contributed by atoms with Gasteiger partial charge in [0.25, 0.3) is 0 Å². The van der Waals surface area contributed by atoms with Crippen molar-refractivity contribution in [3.8, 4) is 0 Å². The fraction of sp³-hybridized carbons (Fsp3) is 0.635. The number of benzene rings is 1. The molecular formula is C74H117N19O23S. The second kappa shape index (κ2) is 49.7. The van der Waals surface area contributed by atoms with Gasteiger partial charge in [-0.3, -0.25) is 91.1 Å². The average molecular weight is 1670 g/mol. The van der Waals surface area contributed by atoms with Gasteiger partial charge < -0.3 is 122 Å². The molecule has 0 saturated carbocycles. The minimum Gasteiger partial charge on any atom is -0.481 e. The van der Waals surface area contributed by atoms with Crippen LogP contribution in [-0.4, -0.2) is 272 Å². The largest absolute Gasteiger partial charge is 0.481 e. The molecule has 3 rings (SSSR count). The van der Waals surface area contributed by atoms with Gasteiger partial charge in [0.2, 0.25) is 94.5 Å². The number of unbranched alkanes of at least 4 members (excludes halogenated alkanes) is 1. The average Bonchev–Trinajstić information content (AvgIpc) is 1.69. The molecule has 652 valence electrons. The van der Waals surface area contributed by atoms with Crippen molar-refractivity contribution in [2.24, 2.45) is 40.9 Å². The molecule has 0 radical (unpaired) electrons. The number of carbonyl (C=O) groups is 19. The number of fused-ring (bicyclic) bond motifs is 1. The zero-order valence-corrected chi connectivity index (χ0v) is 68.5. The first kappa shape index (κ1) is 100. The standard InChI is InChI=1S/C74H117N19O23S/c1-35(2)25-46(64(106)79-33-55(97)84-47(26-36(3)4)66(108)86-48(27-41-31-78-44-18-13-12-17-42(41)44)67(109)87-51(30-57(100)101)69(111)92-61(40(10)94)73(115)82-39(9)62(104)81-34-58(102)103)85-68(110)49(28-53(77)95)88-72(114)60(38(7)8)91-70(112)52-20-16-23-93(52)74(116)45(19-14-15-22-75)83-54(96)32-80-65(107)50(29-56(98)99)89-71(113)59(37(5)6)90-63(105)43(76)21-24-117-11/h12-13,17-18,31,35-40,43,45-52,59-61,78,94H,14-16,19-30,32-34,75-76H2,1-11H3,(H2,77,95)(H,79,106)(H,80,107)(H,81,104)(H,82,115)(H,83,96)(H,84,97)(H,85,110)(H,86,108)(H,87,109)(H,88,114)(H,89,113)(H,90,105)(H,91,112)(H,92,111)(H,98,99)(H,100,101)(H,102,103)/t39-,40+,43-,45-,46-,47-,48-,49-,50-,51-,52-,59-,60-,61-/m0/s1. The third kappa shape index (κ3) is 34.7. The number of carboxylic acid groups (broad SMARTS) is 3. The summed E-state index contributed by atoms with van der Waals surface area (Å²) in [4.78, 5) is 259. The summed E-state index contributed by atoms with van der Waals surface area (Å²) in [6, 6.07) is -12.9. The van der Waals surface area contributed by atoms with Crippen LogP contribution in [0.15, 0.2) is 30.5 Å². The molecule has 1 fully saturated rings. The molecular weight excluding hydrogens is 1550 g/mol. The van der Waals surface area contributed by atoms with E-state index in [-0.39, 0.29) is 63.5 Å². The predicted molar refractivity (Wildman–Crippen MR) is 423 cm³/mol. The first-order valence-electron chi connectivity index (χ1n) is 38.5. The number of aliphatic hydroxyl groups is 1. The Kier molecular flexibility index (Phi) is 42.6. The second-order valence-corrected chi connectivity index (χ2v) is 31.0. The van der Waals surface area contributed by atoms with Gasteiger partial charge >= 0.3 is 17.9 Å². The Balaban J connectivity index is 1.82. The zero-order valence-electron chi connectivity index (χ0n) is 67.6. The van der Waals surface area contributed by atoms with Crippen molar-refractivity contribution in [3.63, 3.8) is 0 Å². The van der Waals surface area contributed by atoms with Gasteiger partial charge in [-0.05, 0) is 119 Å². The number of carboxylic acids is 3. The fourth-order valence-electron chi connectivity index (χ4n) is 12.3. The highest BCUT2D eigenvalue weighted by atomic mass is 32.2. The molecule has 1 aromatic carbocycles. The normalized spacial score (nSPS) is 15.9. The number of aliphatic hydroxyl groups excluding tert-OH is 1. The van der Waals surface area contributed by atoms with Crippen molar-refractivity contribution in [2.45, 2.75) is 231 Å². The van der Waals surface area contributed by atoms with Gasteiger partial charge in [-0.25, -0.2) is 0 Å². The third-order valence-electron chi connectivity index (χ3n) is 18.4. The summed E-state index contributed by atoms with van der Waals surface area (Å²) in [5.41, 5.74) is 18.4. The Labute approximate surface area is 680 Å². The number of thioether (sulfide) groups is 1. The number of rotatable bonds is 52. The molecule has 25 N–H and O–H groups in total. The van der Waals surface area contributed by atoms with E-state index in [1.54, 1.807) is 79.7 Å². The Morgan fingerprint density at radius 1 is 0.504 bits per heavy atom. The predicted octanol–water partition coefficient (Wildman–Crippen LogP) is -5.69. The zero-order chi connectivity index (χ0) is 88.2. The number of primary amides is 1. The van der Waals surface area contributed by atoms with Gasteiger partial charge in [-0.15, -0.1) is 0 Å². The maximum Gasteiger partial charge on any atom is 0.322 e. The molecule has 42 nitrogen and oxygen atoms in total. The van der Waals surface area contributed by atoms with Crippen molar-refractivity contribution in [1.29, 1.82) is 0 Å². The van der Waals surface area contributed by atoms with Crippen molar-refractivity contribution < 1.29 is 112 Å². The number of para-hydroxylation sites is 1. The number of H-pyrrole nitrogens is 1. The van der Waals surface area contributed by atoms with E-state index in [0.717, 1.165) is 6.92 Å². The lowest BCUT2D eigenvalue weighted by atomic mass is 10.00. The summed E-state index contributed by atoms with van der Waals surface area (Å²) >= 11 is 1.45. The van der Waals surface area contributed by atoms with Crippen LogP contribution in [0.25, 0.3) is 10.9 Å². The van der Waals surface area contributed by atoms with E-state index in [2.05, 4.69) is 74.1 Å². The number of likely N-dealkylation sites (tertiary alicyclic amines) is 1. The third-order valence-corrected chi connectivity index (χ3v) is 19.1. The van der Waals surface area contributed by atoms with Crippen molar-refractivity contribution in [3.05, 3.63) is 36.0 Å². The number of aromatic amines is 1. The van der Waals surface area contributed by atoms with Gasteiger partial charge in [0.1, 0.15) is 79.0 Å². The summed E-state index contributed by atoms with van der Waals surface area (Å²) in [6.07, 6.45) is -0.474. The number of amides is 16. The maximum atomic E-state index is 14.5. The number of hydrogen-bond acceptors (Lipinski definition) is 23. The van der Waals surface area contributed by atoms with E-state index in [4.69, 9.17) is 22.3 Å². The second-order valence-electron chi connectivity index (χ2n) is 30.1. The van der Waals surface area contributed by atoms with Gasteiger partial charge in [0.15, 0.2) is 0 Å². The van der Waals surface area contributed by atoms with Crippen LogP contribution in [-0.2, 0) is 97.5 Å². The van der Waals surface area contributed by atoms with Crippen LogP contribution in [0.4, 0.5) is 0 Å². The monoisotopic (exact) mass is 1670 g/mol. The van der Waals surface area contributed by atoms with Crippen molar-refractivity contribution in [2.75, 3.05) is 44.7 Å². The Hall–Kier alpha value is -11.1. The topological polar surface area (TPSA) is 671 Å². The molecule has 1 aliphatic rings. The van der Waals surface area contributed by atoms with E-state index in [1.165, 1.54) is 29.8 Å². The SMILES string of the molecule is CSCC[C@H](N)C(=O)N[C@H](C(=O)N[C@@H](CC(=O)O)C(=O)NCC(=O)N[C@@H](CCCCN)C(=O)N1CCC[C@H]1C(=O)N[C@H](C(=O)N[C@@H](CC(N)=O)C(=O)N[C@@H](CC(C)C)C(=O)NCC(=O)N[C@@H](CC(C)C)C(=O)N[C@@H](Cc1c[nH]c2ccccc12)C(=O)N[C@@H](CC(=O)O)C(=O)N[C@H](C(=O)N[C@@H](C)C(=O)NCC(=O)O)[C@@H](C)O)C(C)C)C(C)C. The van der Waals surface area contributed by atoms with Crippen LogP contribution in [0.5, 0.6) is 0 Å². The molecule has 14 atom stereocenters. The molecule has 2 heterocycles. The van der Waals surface area contributed by atoms with Crippen LogP contribution in [0, 0.1) is 23.7 Å². The van der Waals surface area contributed by atoms with E-state index in [1.807, 2.05) is 11.6 Å². The van der Waals surface area contributed by atoms with Crippen LogP contribution in [0.3, 0.4) is 0 Å². The number of aliphatic carboxylic acids is 3. The van der Waals surface area contributed by atoms with Gasteiger partial charge in [-0.2, -0.15) is 11.8 Å². The lowest BCUT2D eigenvalue weighted by Gasteiger charge is -2.31. The Morgan fingerprint density at radius 2 is 0.966 bits per heavy atom. The van der Waals surface area contributed by atoms with E-state index in [9.17, 15) is 106 Å². The Bertz CT molecular complexity index is 3840. The van der Waals surface area contributed by atoms with Crippen molar-refractivity contribution >= 4 is 135 Å². The highest BCUT2D eigenvalue weighted by Gasteiger charge is 2.42. The molecule has 0 unspecified atom stereocenters. The molecule has 2 aromatic rings. The number of nitrogens with one attached hydrogen (secondary N) is 15. The molecule has 16 amide bonds. The molecule has 117 heavy (non-hydrogen) atoms. The summed E-state index contributed by atoms with van der Waals surface area (Å²) in [5.74, 6) is -21.8. The van der Waals surface area contributed by atoms with Gasteiger partial charge in [0, 0.05) is 30.1 Å². The van der Waals surface area contributed by atoms with Gasteiger partial charge in [-0.1, -0.05) is 73.6 Å². The Morgan fingerprint density at radius 3 is 1.50 bits per heavy atom. The highest BCUT2D eigenvalue weighted by molar-refractivity contribution is 7.98. The number of aromatic nitrogens is 1. The van der Waals surface area contributed by atoms with Gasteiger partial charge in [0.05, 0.1) is 44.5 Å². The molecule has 0 bridgehead atoms. The number of carbonyl (C=O) groups excluding carboxylic acids is 16. The summed E-state index contributed by atoms with van der Waals surface area (Å²) in [7, 11) is 0. The maximum absolute atomic E-state index is 14.5. The van der Waals surface area contributed by atoms with Crippen LogP contribution >= 0.6 is 11.8 Å². The van der Waals surface area contributed by atoms with E-state index >= 15 is 0 Å². The number of nitrogens with zero attached hydrogens (tertiary/aromatic N) is 1. The number of nitrogens with two attached hydrogens (primary N) is 3. The lowest BCUT2D eigenvalue weighted by molar-refractivity contribution is -0.143. The van der Waals surface area contributed by atoms with Crippen LogP contribution in [0.1, 0.15) is 145 Å². The van der Waals surface area contributed by atoms with E-state index in [0.29, 0.717) is 41.5 Å². The molecule has 1 saturated heterocycles. The first-order chi connectivity index (χ1) is 54.9. The summed E-state index contributed by atoms with van der Waals surface area (Å²) in [5, 5.41) is 73.2. The minimum atomic E-state index is -2.01.